The van der Waals surface area contributed by atoms with E-state index in [0.29, 0.717) is 16.8 Å². The highest BCUT2D eigenvalue weighted by Crippen LogP contribution is 2.42. The van der Waals surface area contributed by atoms with Crippen molar-refractivity contribution in [3.8, 4) is 22.9 Å². The highest BCUT2D eigenvalue weighted by molar-refractivity contribution is 6.34. The second kappa shape index (κ2) is 5.76. The average molecular weight is 331 g/mol. The van der Waals surface area contributed by atoms with Crippen LogP contribution in [0.3, 0.4) is 0 Å². The van der Waals surface area contributed by atoms with E-state index in [9.17, 15) is 13.9 Å². The van der Waals surface area contributed by atoms with E-state index < -0.39 is 6.61 Å². The van der Waals surface area contributed by atoms with Crippen molar-refractivity contribution in [2.75, 3.05) is 0 Å². The Kier molecular flexibility index (Phi) is 4.33. The van der Waals surface area contributed by atoms with Gasteiger partial charge in [-0.2, -0.15) is 13.9 Å². The average Bonchev–Trinajstić information content (AvgIpc) is 2.71. The van der Waals surface area contributed by atoms with Gasteiger partial charge in [0.2, 0.25) is 5.88 Å². The van der Waals surface area contributed by atoms with Gasteiger partial charge in [0.05, 0.1) is 0 Å². The fourth-order valence-electron chi connectivity index (χ4n) is 2.54. The fraction of sp³-hybridized carbons (Fsp3) is 0.400. The minimum absolute atomic E-state index is 0.00310. The molecule has 2 aromatic rings. The second-order valence-electron chi connectivity index (χ2n) is 5.19. The maximum Gasteiger partial charge on any atom is 0.388 e. The van der Waals surface area contributed by atoms with Crippen molar-refractivity contribution in [2.24, 2.45) is 7.05 Å². The van der Waals surface area contributed by atoms with Crippen molar-refractivity contribution >= 4 is 11.6 Å². The summed E-state index contributed by atoms with van der Waals surface area (Å²) in [5.74, 6) is -0.0562. The van der Waals surface area contributed by atoms with Crippen molar-refractivity contribution in [3.63, 3.8) is 0 Å². The summed E-state index contributed by atoms with van der Waals surface area (Å²) in [6.07, 6.45) is 0. The monoisotopic (exact) mass is 330 g/mol. The van der Waals surface area contributed by atoms with Gasteiger partial charge in [0, 0.05) is 18.2 Å². The number of benzene rings is 1. The summed E-state index contributed by atoms with van der Waals surface area (Å²) in [7, 11) is 1.47. The molecule has 1 heterocycles. The summed E-state index contributed by atoms with van der Waals surface area (Å²) in [4.78, 5) is 0. The SMILES string of the molecule is Cc1c(C)c(O)c(C)c(-c2nn(C)c(OC(F)F)c2Cl)c1C. The molecule has 0 aliphatic heterocycles. The van der Waals surface area contributed by atoms with Gasteiger partial charge in [0.1, 0.15) is 16.5 Å². The molecule has 0 saturated carbocycles. The Hall–Kier alpha value is -1.82. The number of halogens is 3. The standard InChI is InChI=1S/C15H17ClF2N2O2/c1-6-7(2)10(9(4)13(21)8(6)3)12-11(16)14(20(5)19-12)22-15(17)18/h15,21H,1-5H3. The van der Waals surface area contributed by atoms with E-state index in [1.807, 2.05) is 20.8 Å². The molecular weight excluding hydrogens is 314 g/mol. The molecule has 1 aromatic carbocycles. The molecular formula is C15H17ClF2N2O2. The zero-order chi connectivity index (χ0) is 16.8. The molecule has 0 fully saturated rings. The number of phenolic OH excluding ortho intramolecular Hbond substituents is 1. The van der Waals surface area contributed by atoms with Gasteiger partial charge in [-0.05, 0) is 44.4 Å². The Morgan fingerprint density at radius 1 is 1.09 bits per heavy atom. The first kappa shape index (κ1) is 16.5. The number of aromatic nitrogens is 2. The predicted octanol–water partition coefficient (Wildman–Crippen LogP) is 4.28. The van der Waals surface area contributed by atoms with Gasteiger partial charge in [0.25, 0.3) is 0 Å². The lowest BCUT2D eigenvalue weighted by atomic mass is 9.91. The molecule has 0 radical (unpaired) electrons. The molecule has 4 nitrogen and oxygen atoms in total. The summed E-state index contributed by atoms with van der Waals surface area (Å²) in [6, 6.07) is 0. The van der Waals surface area contributed by atoms with Crippen LogP contribution in [0.4, 0.5) is 8.78 Å². The Morgan fingerprint density at radius 3 is 2.23 bits per heavy atom. The van der Waals surface area contributed by atoms with Crippen LogP contribution in [0, 0.1) is 27.7 Å². The first-order valence-corrected chi connectivity index (χ1v) is 7.01. The normalized spacial score (nSPS) is 11.3. The molecule has 120 valence electrons. The lowest BCUT2D eigenvalue weighted by Crippen LogP contribution is -2.06. The topological polar surface area (TPSA) is 47.3 Å². The zero-order valence-electron chi connectivity index (χ0n) is 13.0. The van der Waals surface area contributed by atoms with Gasteiger partial charge in [0.15, 0.2) is 0 Å². The maximum absolute atomic E-state index is 12.5. The van der Waals surface area contributed by atoms with Crippen LogP contribution in [0.1, 0.15) is 22.3 Å². The number of nitrogens with zero attached hydrogens (tertiary/aromatic N) is 2. The molecule has 7 heteroatoms. The zero-order valence-corrected chi connectivity index (χ0v) is 13.7. The van der Waals surface area contributed by atoms with E-state index in [4.69, 9.17) is 11.6 Å². The number of hydrogen-bond donors (Lipinski definition) is 1. The van der Waals surface area contributed by atoms with E-state index in [-0.39, 0.29) is 16.7 Å². The van der Waals surface area contributed by atoms with Crippen molar-refractivity contribution in [2.45, 2.75) is 34.3 Å². The number of phenols is 1. The van der Waals surface area contributed by atoms with E-state index in [1.54, 1.807) is 6.92 Å². The van der Waals surface area contributed by atoms with Crippen LogP contribution in [0.25, 0.3) is 11.3 Å². The number of ether oxygens (including phenoxy) is 1. The Balaban J connectivity index is 2.74. The van der Waals surface area contributed by atoms with Crippen LogP contribution in [0.15, 0.2) is 0 Å². The molecule has 0 atom stereocenters. The van der Waals surface area contributed by atoms with E-state index in [1.165, 1.54) is 7.05 Å². The Labute approximate surface area is 132 Å². The maximum atomic E-state index is 12.5. The molecule has 2 rings (SSSR count). The lowest BCUT2D eigenvalue weighted by molar-refractivity contribution is -0.0552. The van der Waals surface area contributed by atoms with Gasteiger partial charge in [-0.15, -0.1) is 0 Å². The second-order valence-corrected chi connectivity index (χ2v) is 5.57. The van der Waals surface area contributed by atoms with Gasteiger partial charge < -0.3 is 9.84 Å². The number of aromatic hydroxyl groups is 1. The van der Waals surface area contributed by atoms with Crippen LogP contribution in [-0.2, 0) is 7.05 Å². The van der Waals surface area contributed by atoms with Crippen LogP contribution >= 0.6 is 11.6 Å². The summed E-state index contributed by atoms with van der Waals surface area (Å²) in [6.45, 7) is 4.32. The van der Waals surface area contributed by atoms with Gasteiger partial charge in [-0.3, -0.25) is 0 Å². The number of rotatable bonds is 3. The van der Waals surface area contributed by atoms with Crippen LogP contribution in [-0.4, -0.2) is 21.5 Å². The summed E-state index contributed by atoms with van der Waals surface area (Å²) in [5.41, 5.74) is 4.10. The summed E-state index contributed by atoms with van der Waals surface area (Å²) < 4.78 is 30.5. The van der Waals surface area contributed by atoms with Crippen molar-refractivity contribution in [1.82, 2.24) is 9.78 Å². The minimum Gasteiger partial charge on any atom is -0.507 e. The lowest BCUT2D eigenvalue weighted by Gasteiger charge is -2.16. The quantitative estimate of drug-likeness (QED) is 0.913. The van der Waals surface area contributed by atoms with E-state index in [2.05, 4.69) is 9.84 Å². The Bertz CT molecular complexity index is 713. The molecule has 1 N–H and O–H groups in total. The third kappa shape index (κ3) is 2.52. The smallest absolute Gasteiger partial charge is 0.388 e. The molecule has 0 saturated heterocycles. The fourth-order valence-corrected chi connectivity index (χ4v) is 2.84. The molecule has 1 aromatic heterocycles. The van der Waals surface area contributed by atoms with Crippen LogP contribution in [0.5, 0.6) is 11.6 Å². The molecule has 0 bridgehead atoms. The third-order valence-corrected chi connectivity index (χ3v) is 4.30. The van der Waals surface area contributed by atoms with E-state index in [0.717, 1.165) is 21.4 Å². The third-order valence-electron chi connectivity index (χ3n) is 3.96. The molecule has 0 amide bonds. The van der Waals surface area contributed by atoms with Crippen LogP contribution < -0.4 is 4.74 Å². The number of alkyl halides is 2. The first-order chi connectivity index (χ1) is 10.2. The van der Waals surface area contributed by atoms with Crippen molar-refractivity contribution < 1.29 is 18.6 Å². The molecule has 0 unspecified atom stereocenters. The summed E-state index contributed by atoms with van der Waals surface area (Å²) >= 11 is 6.17. The molecule has 0 aliphatic carbocycles. The van der Waals surface area contributed by atoms with Crippen molar-refractivity contribution in [3.05, 3.63) is 27.3 Å². The highest BCUT2D eigenvalue weighted by Gasteiger charge is 2.25. The van der Waals surface area contributed by atoms with Gasteiger partial charge in [-0.25, -0.2) is 4.68 Å². The Morgan fingerprint density at radius 2 is 1.68 bits per heavy atom. The van der Waals surface area contributed by atoms with E-state index >= 15 is 0 Å². The molecule has 0 aliphatic rings. The summed E-state index contributed by atoms with van der Waals surface area (Å²) in [5, 5.41) is 14.4. The van der Waals surface area contributed by atoms with Gasteiger partial charge >= 0.3 is 6.61 Å². The molecule has 0 spiro atoms. The highest BCUT2D eigenvalue weighted by atomic mass is 35.5. The van der Waals surface area contributed by atoms with Gasteiger partial charge in [-0.1, -0.05) is 11.6 Å². The largest absolute Gasteiger partial charge is 0.507 e. The number of hydrogen-bond acceptors (Lipinski definition) is 3. The number of aryl methyl sites for hydroxylation is 1. The minimum atomic E-state index is -2.99. The predicted molar refractivity (Wildman–Crippen MR) is 80.9 cm³/mol. The van der Waals surface area contributed by atoms with Crippen LogP contribution in [0.2, 0.25) is 5.02 Å². The van der Waals surface area contributed by atoms with Crippen molar-refractivity contribution in [1.29, 1.82) is 0 Å². The molecule has 22 heavy (non-hydrogen) atoms. The first-order valence-electron chi connectivity index (χ1n) is 6.63.